The van der Waals surface area contributed by atoms with Gasteiger partial charge in [-0.3, -0.25) is 0 Å². The van der Waals surface area contributed by atoms with E-state index in [2.05, 4.69) is 221 Å². The van der Waals surface area contributed by atoms with E-state index < -0.39 is 22.4 Å². The molecular formula is C94H102O11S2. The van der Waals surface area contributed by atoms with Crippen molar-refractivity contribution in [2.24, 2.45) is 0 Å². The SMILES string of the molecule is CCC(C)c1ccc(O)cc1.CCC(C)c1ccc(O)cc1.CCC(C)c1ccc(OC(OCCOc2ccc(-c3ccccc3)cc2)C(C)(C)c2ccccc2)cc1.CCC(C)c1ccc(OCC(=O)Oc2cccc3c(S(=O)(=O)[O-])cccc23)cc1.c1ccc([S+](c2ccccc2)c2ccccc2)cc1. The number of carbonyl (C=O) groups excluding carboxylic acids is 1. The largest absolute Gasteiger partial charge is 0.744 e. The zero-order valence-electron chi connectivity index (χ0n) is 63.2. The minimum absolute atomic E-state index is 0.0146. The van der Waals surface area contributed by atoms with Crippen molar-refractivity contribution in [3.63, 3.8) is 0 Å². The highest BCUT2D eigenvalue weighted by molar-refractivity contribution is 7.97. The number of rotatable bonds is 26. The number of esters is 1. The van der Waals surface area contributed by atoms with E-state index in [0.29, 0.717) is 59.5 Å². The van der Waals surface area contributed by atoms with Crippen molar-refractivity contribution in [3.05, 3.63) is 337 Å². The van der Waals surface area contributed by atoms with Crippen LogP contribution in [0.15, 0.2) is 329 Å². The van der Waals surface area contributed by atoms with Gasteiger partial charge < -0.3 is 38.5 Å². The lowest BCUT2D eigenvalue weighted by Crippen LogP contribution is -2.41. The van der Waals surface area contributed by atoms with E-state index in [1.165, 1.54) is 78.4 Å². The highest BCUT2D eigenvalue weighted by atomic mass is 32.2. The molecule has 2 N–H and O–H groups in total. The number of aromatic hydroxyl groups is 2. The van der Waals surface area contributed by atoms with Gasteiger partial charge in [-0.2, -0.15) is 0 Å². The van der Waals surface area contributed by atoms with Crippen LogP contribution < -0.4 is 18.9 Å². The van der Waals surface area contributed by atoms with Crippen molar-refractivity contribution in [3.8, 4) is 45.6 Å². The molecule has 12 rings (SSSR count). The molecule has 11 nitrogen and oxygen atoms in total. The number of ether oxygens (including phenoxy) is 5. The first-order chi connectivity index (χ1) is 51.7. The highest BCUT2D eigenvalue weighted by Gasteiger charge is 2.35. The van der Waals surface area contributed by atoms with E-state index in [0.717, 1.165) is 42.7 Å². The molecule has 107 heavy (non-hydrogen) atoms. The van der Waals surface area contributed by atoms with Crippen molar-refractivity contribution >= 4 is 37.8 Å². The minimum Gasteiger partial charge on any atom is -0.744 e. The fraction of sp³-hybridized carbons (Fsp3) is 0.245. The molecule has 0 aromatic heterocycles. The van der Waals surface area contributed by atoms with Crippen LogP contribution in [0, 0.1) is 0 Å². The molecule has 5 atom stereocenters. The van der Waals surface area contributed by atoms with Crippen LogP contribution in [-0.4, -0.2) is 55.3 Å². The number of hydrogen-bond acceptors (Lipinski definition) is 11. The fourth-order valence-corrected chi connectivity index (χ4v) is 14.3. The molecule has 0 fully saturated rings. The number of carbonyl (C=O) groups is 1. The van der Waals surface area contributed by atoms with E-state index in [-0.39, 0.29) is 38.9 Å². The summed E-state index contributed by atoms with van der Waals surface area (Å²) in [6.07, 6.45) is 3.96. The van der Waals surface area contributed by atoms with Crippen LogP contribution in [0.4, 0.5) is 0 Å². The lowest BCUT2D eigenvalue weighted by atomic mass is 9.84. The van der Waals surface area contributed by atoms with Crippen molar-refractivity contribution < 1.29 is 51.7 Å². The Morgan fingerprint density at radius 3 is 1.21 bits per heavy atom. The zero-order valence-corrected chi connectivity index (χ0v) is 64.8. The van der Waals surface area contributed by atoms with Gasteiger partial charge in [0.1, 0.15) is 51.2 Å². The summed E-state index contributed by atoms with van der Waals surface area (Å²) in [5, 5.41) is 18.6. The van der Waals surface area contributed by atoms with Crippen LogP contribution in [-0.2, 0) is 36.0 Å². The van der Waals surface area contributed by atoms with Crippen LogP contribution in [0.3, 0.4) is 0 Å². The second-order valence-corrected chi connectivity index (χ2v) is 30.1. The molecule has 0 saturated carbocycles. The summed E-state index contributed by atoms with van der Waals surface area (Å²) in [5.41, 5.74) is 8.26. The maximum absolute atomic E-state index is 12.2. The normalized spacial score (nSPS) is 12.4. The third kappa shape index (κ3) is 25.4. The van der Waals surface area contributed by atoms with Crippen LogP contribution >= 0.6 is 0 Å². The predicted molar refractivity (Wildman–Crippen MR) is 436 cm³/mol. The van der Waals surface area contributed by atoms with Gasteiger partial charge in [-0.1, -0.05) is 256 Å². The van der Waals surface area contributed by atoms with Crippen LogP contribution in [0.1, 0.15) is 146 Å². The molecule has 5 unspecified atom stereocenters. The Kier molecular flexibility index (Phi) is 32.3. The second kappa shape index (κ2) is 42.1. The lowest BCUT2D eigenvalue weighted by molar-refractivity contribution is -0.136. The first-order valence-corrected chi connectivity index (χ1v) is 39.4. The Morgan fingerprint density at radius 1 is 0.411 bits per heavy atom. The van der Waals surface area contributed by atoms with Gasteiger partial charge in [0.15, 0.2) is 21.3 Å². The van der Waals surface area contributed by atoms with E-state index in [4.69, 9.17) is 33.9 Å². The minimum atomic E-state index is -4.65. The Bertz CT molecular complexity index is 4500. The van der Waals surface area contributed by atoms with Crippen molar-refractivity contribution in [1.29, 1.82) is 0 Å². The number of phenols is 2. The van der Waals surface area contributed by atoms with Gasteiger partial charge >= 0.3 is 5.97 Å². The zero-order chi connectivity index (χ0) is 76.6. The summed E-state index contributed by atoms with van der Waals surface area (Å²) in [7, 11) is -4.66. The Labute approximate surface area is 638 Å². The summed E-state index contributed by atoms with van der Waals surface area (Å²) in [6, 6.07) is 101. The van der Waals surface area contributed by atoms with E-state index in [1.807, 2.05) is 84.9 Å². The van der Waals surface area contributed by atoms with E-state index in [9.17, 15) is 17.8 Å². The summed E-state index contributed by atoms with van der Waals surface area (Å²) in [6.45, 7) is 22.3. The monoisotopic (exact) mass is 1470 g/mol. The molecule has 13 heteroatoms. The van der Waals surface area contributed by atoms with E-state index >= 15 is 0 Å². The molecule has 12 aromatic rings. The van der Waals surface area contributed by atoms with Gasteiger partial charge in [-0.15, -0.1) is 0 Å². The summed E-state index contributed by atoms with van der Waals surface area (Å²) in [4.78, 5) is 15.9. The van der Waals surface area contributed by atoms with E-state index in [1.54, 1.807) is 42.5 Å². The van der Waals surface area contributed by atoms with Crippen molar-refractivity contribution in [2.45, 2.75) is 150 Å². The molecule has 0 aliphatic carbocycles. The predicted octanol–water partition coefficient (Wildman–Crippen LogP) is 23.5. The van der Waals surface area contributed by atoms with Gasteiger partial charge in [-0.05, 0) is 211 Å². The Morgan fingerprint density at radius 2 is 0.776 bits per heavy atom. The van der Waals surface area contributed by atoms with Crippen molar-refractivity contribution in [2.75, 3.05) is 19.8 Å². The molecule has 12 aromatic carbocycles. The lowest BCUT2D eigenvalue weighted by Gasteiger charge is -2.34. The average molecular weight is 1470 g/mol. The number of phenolic OH excluding ortho intramolecular Hbond substituents is 2. The molecule has 0 bridgehead atoms. The molecule has 0 spiro atoms. The van der Waals surface area contributed by atoms with Crippen LogP contribution in [0.25, 0.3) is 21.9 Å². The highest BCUT2D eigenvalue weighted by Crippen LogP contribution is 2.35. The Balaban J connectivity index is 0.000000182. The molecule has 0 aliphatic rings. The Hall–Kier alpha value is -10.4. The van der Waals surface area contributed by atoms with Gasteiger partial charge in [0.25, 0.3) is 0 Å². The summed E-state index contributed by atoms with van der Waals surface area (Å²) < 4.78 is 63.9. The first-order valence-electron chi connectivity index (χ1n) is 36.8. The molecular weight excluding hydrogens is 1370 g/mol. The van der Waals surface area contributed by atoms with Gasteiger partial charge in [0.05, 0.1) is 27.8 Å². The summed E-state index contributed by atoms with van der Waals surface area (Å²) >= 11 is 0. The van der Waals surface area contributed by atoms with Gasteiger partial charge in [0, 0.05) is 10.8 Å². The second-order valence-electron chi connectivity index (χ2n) is 26.8. The molecule has 0 radical (unpaired) electrons. The van der Waals surface area contributed by atoms with Gasteiger partial charge in [-0.25, -0.2) is 13.2 Å². The standard InChI is InChI=1S/C34H38O3.C22H22O6S.C18H15S.2C10H14O/c1-5-26(2)27-16-22-32(23-17-27)37-33(34(3,4)30-14-10-7-11-15-30)36-25-24-35-31-20-18-29(19-21-31)28-12-8-6-9-13-28;1-3-15(2)16-10-12-17(13-11-16)27-14-22(23)28-20-8-4-7-19-18(20)6-5-9-21(19)29(24,25)26;1-4-10-16(11-5-1)19(17-12-6-2-7-13-17)18-14-8-3-9-15-18;2*1-3-8(2)9-4-6-10(11)7-5-9/h6-23,26,33H,5,24-25H2,1-4H3;4-13,15H,3,14H2,1-2H3,(H,24,25,26);1-15H;2*4-8,11H,3H2,1-2H3/q;;+1;;/p-1. The topological polar surface area (TPSA) is 161 Å². The molecule has 0 amide bonds. The molecule has 0 heterocycles. The molecule has 556 valence electrons. The van der Waals surface area contributed by atoms with Gasteiger partial charge in [0.2, 0.25) is 6.29 Å². The van der Waals surface area contributed by atoms with Crippen LogP contribution in [0.5, 0.6) is 34.5 Å². The third-order valence-electron chi connectivity index (χ3n) is 18.8. The fourth-order valence-electron chi connectivity index (χ4n) is 11.5. The number of benzene rings is 12. The molecule has 0 aliphatic heterocycles. The molecule has 0 saturated heterocycles. The number of hydrogen-bond donors (Lipinski definition) is 2. The quantitative estimate of drug-likeness (QED) is 0.0133. The number of fused-ring (bicyclic) bond motifs is 1. The maximum Gasteiger partial charge on any atom is 0.349 e. The average Bonchev–Trinajstić information content (AvgIpc) is 0.775. The first kappa shape index (κ1) is 82.2. The van der Waals surface area contributed by atoms with Crippen LogP contribution in [0.2, 0.25) is 0 Å². The van der Waals surface area contributed by atoms with Crippen molar-refractivity contribution in [1.82, 2.24) is 0 Å². The third-order valence-corrected chi connectivity index (χ3v) is 22.0. The maximum atomic E-state index is 12.2. The summed E-state index contributed by atoms with van der Waals surface area (Å²) in [5.74, 6) is 4.55. The smallest absolute Gasteiger partial charge is 0.349 e.